The maximum atomic E-state index is 11.9. The Labute approximate surface area is 129 Å². The van der Waals surface area contributed by atoms with Crippen molar-refractivity contribution in [3.8, 4) is 0 Å². The summed E-state index contributed by atoms with van der Waals surface area (Å²) in [5, 5.41) is 16.5. The van der Waals surface area contributed by atoms with Crippen molar-refractivity contribution < 1.29 is 14.7 Å². The van der Waals surface area contributed by atoms with Crippen LogP contribution in [0.4, 0.5) is 4.79 Å². The maximum Gasteiger partial charge on any atom is 0.355 e. The first-order valence-corrected chi connectivity index (χ1v) is 7.93. The maximum absolute atomic E-state index is 11.9. The van der Waals surface area contributed by atoms with Gasteiger partial charge in [-0.15, -0.1) is 11.3 Å². The second kappa shape index (κ2) is 7.97. The number of hydrogen-bond acceptors (Lipinski definition) is 4. The Balaban J connectivity index is 2.44. The third kappa shape index (κ3) is 6.12. The van der Waals surface area contributed by atoms with Gasteiger partial charge in [-0.2, -0.15) is 0 Å². The molecule has 0 radical (unpaired) electrons. The number of amides is 2. The number of aromatic nitrogens is 1. The van der Waals surface area contributed by atoms with Crippen LogP contribution in [0, 0.1) is 5.92 Å². The number of urea groups is 1. The molecule has 1 rings (SSSR count). The van der Waals surface area contributed by atoms with E-state index in [1.165, 1.54) is 16.7 Å². The van der Waals surface area contributed by atoms with Gasteiger partial charge in [-0.25, -0.2) is 14.6 Å². The molecule has 7 heteroatoms. The molecule has 21 heavy (non-hydrogen) atoms. The fourth-order valence-electron chi connectivity index (χ4n) is 1.76. The van der Waals surface area contributed by atoms with Gasteiger partial charge in [-0.3, -0.25) is 0 Å². The Morgan fingerprint density at radius 3 is 2.43 bits per heavy atom. The number of thiazole rings is 1. The zero-order chi connectivity index (χ0) is 16.0. The van der Waals surface area contributed by atoms with Crippen LogP contribution in [0.5, 0.6) is 0 Å². The average Bonchev–Trinajstić information content (AvgIpc) is 2.85. The number of carboxylic acid groups (broad SMARTS) is 1. The van der Waals surface area contributed by atoms with E-state index in [9.17, 15) is 9.59 Å². The van der Waals surface area contributed by atoms with Gasteiger partial charge in [0, 0.05) is 11.4 Å². The van der Waals surface area contributed by atoms with Crippen LogP contribution in [-0.2, 0) is 0 Å². The van der Waals surface area contributed by atoms with Gasteiger partial charge in [0.1, 0.15) is 5.01 Å². The SMILES string of the molecule is CC(C)CCC(C)NC(=O)NC(C)c1nc(C(=O)O)cs1. The van der Waals surface area contributed by atoms with Gasteiger partial charge in [0.25, 0.3) is 0 Å². The van der Waals surface area contributed by atoms with E-state index in [0.29, 0.717) is 10.9 Å². The topological polar surface area (TPSA) is 91.3 Å². The molecule has 2 unspecified atom stereocenters. The summed E-state index contributed by atoms with van der Waals surface area (Å²) in [5.41, 5.74) is 0.00867. The van der Waals surface area contributed by atoms with E-state index in [4.69, 9.17) is 5.11 Å². The molecule has 1 heterocycles. The first kappa shape index (κ1) is 17.4. The number of rotatable bonds is 7. The van der Waals surface area contributed by atoms with Crippen LogP contribution < -0.4 is 10.6 Å². The van der Waals surface area contributed by atoms with Gasteiger partial charge < -0.3 is 15.7 Å². The molecule has 0 spiro atoms. The molecule has 6 nitrogen and oxygen atoms in total. The monoisotopic (exact) mass is 313 g/mol. The standard InChI is InChI=1S/C14H23N3O3S/c1-8(2)5-6-9(3)15-14(20)16-10(4)12-17-11(7-21-12)13(18)19/h7-10H,5-6H2,1-4H3,(H,18,19)(H2,15,16,20). The number of aromatic carboxylic acids is 1. The predicted octanol–water partition coefficient (Wildman–Crippen LogP) is 3.03. The molecule has 0 bridgehead atoms. The Bertz CT molecular complexity index is 488. The van der Waals surface area contributed by atoms with Crippen molar-refractivity contribution in [3.05, 3.63) is 16.1 Å². The van der Waals surface area contributed by atoms with Gasteiger partial charge in [0.2, 0.25) is 0 Å². The lowest BCUT2D eigenvalue weighted by molar-refractivity contribution is 0.0691. The summed E-state index contributed by atoms with van der Waals surface area (Å²) in [6.07, 6.45) is 1.99. The van der Waals surface area contributed by atoms with Crippen molar-refractivity contribution in [3.63, 3.8) is 0 Å². The van der Waals surface area contributed by atoms with Crippen LogP contribution in [-0.4, -0.2) is 28.1 Å². The molecule has 1 aromatic heterocycles. The molecule has 3 N–H and O–H groups in total. The lowest BCUT2D eigenvalue weighted by atomic mass is 10.0. The van der Waals surface area contributed by atoms with Gasteiger partial charge in [0.15, 0.2) is 5.69 Å². The zero-order valence-electron chi connectivity index (χ0n) is 12.8. The van der Waals surface area contributed by atoms with Crippen molar-refractivity contribution in [2.75, 3.05) is 0 Å². The molecule has 0 aliphatic carbocycles. The highest BCUT2D eigenvalue weighted by molar-refractivity contribution is 7.09. The summed E-state index contributed by atoms with van der Waals surface area (Å²) in [5.74, 6) is -0.447. The van der Waals surface area contributed by atoms with Crippen LogP contribution in [0.2, 0.25) is 0 Å². The van der Waals surface area contributed by atoms with Crippen molar-refractivity contribution in [1.82, 2.24) is 15.6 Å². The molecular formula is C14H23N3O3S. The molecule has 0 aromatic carbocycles. The molecule has 2 amide bonds. The third-order valence-corrected chi connectivity index (χ3v) is 4.04. The minimum atomic E-state index is -1.06. The predicted molar refractivity (Wildman–Crippen MR) is 82.7 cm³/mol. The Morgan fingerprint density at radius 2 is 1.90 bits per heavy atom. The minimum Gasteiger partial charge on any atom is -0.476 e. The van der Waals surface area contributed by atoms with Crippen LogP contribution in [0.1, 0.15) is 62.1 Å². The zero-order valence-corrected chi connectivity index (χ0v) is 13.7. The normalized spacial score (nSPS) is 13.8. The molecule has 0 aliphatic rings. The van der Waals surface area contributed by atoms with Crippen molar-refractivity contribution in [2.45, 2.75) is 52.6 Å². The number of nitrogens with one attached hydrogen (secondary N) is 2. The molecule has 0 aliphatic heterocycles. The summed E-state index contributed by atoms with van der Waals surface area (Å²) >= 11 is 1.23. The molecule has 118 valence electrons. The first-order chi connectivity index (χ1) is 9.79. The number of nitrogens with zero attached hydrogens (tertiary/aromatic N) is 1. The average molecular weight is 313 g/mol. The number of carbonyl (C=O) groups excluding carboxylic acids is 1. The van der Waals surface area contributed by atoms with Crippen molar-refractivity contribution >= 4 is 23.3 Å². The van der Waals surface area contributed by atoms with Crippen LogP contribution in [0.15, 0.2) is 5.38 Å². The van der Waals surface area contributed by atoms with E-state index >= 15 is 0 Å². The summed E-state index contributed by atoms with van der Waals surface area (Å²) in [6.45, 7) is 8.05. The van der Waals surface area contributed by atoms with E-state index < -0.39 is 5.97 Å². The fourth-order valence-corrected chi connectivity index (χ4v) is 2.56. The molecule has 1 aromatic rings. The highest BCUT2D eigenvalue weighted by Crippen LogP contribution is 2.17. The van der Waals surface area contributed by atoms with Gasteiger partial charge in [-0.1, -0.05) is 13.8 Å². The highest BCUT2D eigenvalue weighted by atomic mass is 32.1. The minimum absolute atomic E-state index is 0.00867. The lowest BCUT2D eigenvalue weighted by Crippen LogP contribution is -2.41. The lowest BCUT2D eigenvalue weighted by Gasteiger charge is -2.17. The summed E-state index contributed by atoms with van der Waals surface area (Å²) in [6, 6.07) is -0.475. The first-order valence-electron chi connectivity index (χ1n) is 7.05. The van der Waals surface area contributed by atoms with Gasteiger partial charge in [-0.05, 0) is 32.6 Å². The van der Waals surface area contributed by atoms with Crippen LogP contribution >= 0.6 is 11.3 Å². The molecule has 0 fully saturated rings. The Hall–Kier alpha value is -1.63. The van der Waals surface area contributed by atoms with E-state index in [1.807, 2.05) is 6.92 Å². The second-order valence-corrected chi connectivity index (χ2v) is 6.48. The van der Waals surface area contributed by atoms with Crippen molar-refractivity contribution in [2.24, 2.45) is 5.92 Å². The number of hydrogen-bond donors (Lipinski definition) is 3. The van der Waals surface area contributed by atoms with Gasteiger partial charge >= 0.3 is 12.0 Å². The summed E-state index contributed by atoms with van der Waals surface area (Å²) in [7, 11) is 0. The summed E-state index contributed by atoms with van der Waals surface area (Å²) in [4.78, 5) is 26.6. The third-order valence-electron chi connectivity index (χ3n) is 3.01. The number of carboxylic acids is 1. The Kier molecular flexibility index (Phi) is 6.61. The van der Waals surface area contributed by atoms with E-state index in [2.05, 4.69) is 29.5 Å². The number of carbonyl (C=O) groups is 2. The van der Waals surface area contributed by atoms with Gasteiger partial charge in [0.05, 0.1) is 6.04 Å². The molecule has 2 atom stereocenters. The molecule has 0 saturated carbocycles. The van der Waals surface area contributed by atoms with E-state index in [0.717, 1.165) is 12.8 Å². The smallest absolute Gasteiger partial charge is 0.355 e. The second-order valence-electron chi connectivity index (χ2n) is 5.59. The quantitative estimate of drug-likeness (QED) is 0.721. The van der Waals surface area contributed by atoms with E-state index in [-0.39, 0.29) is 23.8 Å². The largest absolute Gasteiger partial charge is 0.476 e. The molecular weight excluding hydrogens is 290 g/mol. The fraction of sp³-hybridized carbons (Fsp3) is 0.643. The van der Waals surface area contributed by atoms with Crippen molar-refractivity contribution in [1.29, 1.82) is 0 Å². The van der Waals surface area contributed by atoms with Crippen LogP contribution in [0.3, 0.4) is 0 Å². The Morgan fingerprint density at radius 1 is 1.24 bits per heavy atom. The molecule has 0 saturated heterocycles. The van der Waals surface area contributed by atoms with E-state index in [1.54, 1.807) is 6.92 Å². The highest BCUT2D eigenvalue weighted by Gasteiger charge is 2.16. The van der Waals surface area contributed by atoms with Crippen LogP contribution in [0.25, 0.3) is 0 Å². The summed E-state index contributed by atoms with van der Waals surface area (Å²) < 4.78 is 0.